The monoisotopic (exact) mass is 327 g/mol. The van der Waals surface area contributed by atoms with Gasteiger partial charge in [0.1, 0.15) is 12.4 Å². The van der Waals surface area contributed by atoms with Crippen LogP contribution < -0.4 is 4.74 Å². The van der Waals surface area contributed by atoms with Crippen LogP contribution in [0.1, 0.15) is 21.6 Å². The van der Waals surface area contributed by atoms with E-state index < -0.39 is 0 Å². The number of rotatable bonds is 4. The molecule has 4 aromatic rings. The smallest absolute Gasteiger partial charge is 0.150 e. The molecule has 0 bridgehead atoms. The SMILES string of the molecule is Cc1cc(COc2ccc3c(C=O)cccc3c2)c2ccccc2n1. The molecule has 0 spiro atoms. The quantitative estimate of drug-likeness (QED) is 0.490. The van der Waals surface area contributed by atoms with Crippen molar-refractivity contribution in [3.05, 3.63) is 83.6 Å². The van der Waals surface area contributed by atoms with Crippen molar-refractivity contribution in [2.45, 2.75) is 13.5 Å². The summed E-state index contributed by atoms with van der Waals surface area (Å²) in [6.07, 6.45) is 0.884. The summed E-state index contributed by atoms with van der Waals surface area (Å²) in [6.45, 7) is 2.47. The summed E-state index contributed by atoms with van der Waals surface area (Å²) in [5, 5.41) is 3.05. The molecule has 0 unspecified atom stereocenters. The van der Waals surface area contributed by atoms with Crippen LogP contribution >= 0.6 is 0 Å². The fourth-order valence-electron chi connectivity index (χ4n) is 3.15. The maximum atomic E-state index is 11.1. The summed E-state index contributed by atoms with van der Waals surface area (Å²) >= 11 is 0. The highest BCUT2D eigenvalue weighted by Crippen LogP contribution is 2.25. The van der Waals surface area contributed by atoms with Crippen LogP contribution in [-0.4, -0.2) is 11.3 Å². The topological polar surface area (TPSA) is 39.2 Å². The summed E-state index contributed by atoms with van der Waals surface area (Å²) < 4.78 is 6.02. The number of ether oxygens (including phenoxy) is 1. The summed E-state index contributed by atoms with van der Waals surface area (Å²) in [4.78, 5) is 15.7. The van der Waals surface area contributed by atoms with Crippen molar-refractivity contribution in [3.63, 3.8) is 0 Å². The van der Waals surface area contributed by atoms with E-state index in [1.807, 2.05) is 61.5 Å². The van der Waals surface area contributed by atoms with E-state index >= 15 is 0 Å². The van der Waals surface area contributed by atoms with Gasteiger partial charge in [0.05, 0.1) is 5.52 Å². The van der Waals surface area contributed by atoms with Gasteiger partial charge in [-0.1, -0.05) is 36.4 Å². The Morgan fingerprint density at radius 2 is 1.84 bits per heavy atom. The Balaban J connectivity index is 1.66. The number of hydrogen-bond donors (Lipinski definition) is 0. The zero-order valence-electron chi connectivity index (χ0n) is 13.9. The highest BCUT2D eigenvalue weighted by atomic mass is 16.5. The predicted octanol–water partition coefficient (Wildman–Crippen LogP) is 5.09. The minimum absolute atomic E-state index is 0.475. The van der Waals surface area contributed by atoms with Crippen molar-refractivity contribution in [1.29, 1.82) is 0 Å². The molecule has 3 heteroatoms. The zero-order valence-corrected chi connectivity index (χ0v) is 13.9. The fourth-order valence-corrected chi connectivity index (χ4v) is 3.15. The first-order chi connectivity index (χ1) is 12.2. The zero-order chi connectivity index (χ0) is 17.2. The van der Waals surface area contributed by atoms with E-state index in [1.165, 1.54) is 0 Å². The Morgan fingerprint density at radius 3 is 2.72 bits per heavy atom. The second-order valence-electron chi connectivity index (χ2n) is 6.08. The molecule has 4 rings (SSSR count). The van der Waals surface area contributed by atoms with Crippen LogP contribution in [-0.2, 0) is 6.61 Å². The van der Waals surface area contributed by atoms with E-state index in [4.69, 9.17) is 4.74 Å². The van der Waals surface area contributed by atoms with E-state index in [1.54, 1.807) is 0 Å². The van der Waals surface area contributed by atoms with Gasteiger partial charge >= 0.3 is 0 Å². The first-order valence-electron chi connectivity index (χ1n) is 8.20. The lowest BCUT2D eigenvalue weighted by molar-refractivity contribution is 0.112. The number of carbonyl (C=O) groups is 1. The van der Waals surface area contributed by atoms with Crippen molar-refractivity contribution < 1.29 is 9.53 Å². The second kappa shape index (κ2) is 6.36. The summed E-state index contributed by atoms with van der Waals surface area (Å²) in [6, 6.07) is 21.7. The lowest BCUT2D eigenvalue weighted by Crippen LogP contribution is -1.99. The van der Waals surface area contributed by atoms with E-state index in [9.17, 15) is 4.79 Å². The largest absolute Gasteiger partial charge is 0.489 e. The van der Waals surface area contributed by atoms with Crippen LogP contribution in [0.4, 0.5) is 0 Å². The second-order valence-corrected chi connectivity index (χ2v) is 6.08. The number of para-hydroxylation sites is 1. The molecule has 1 heterocycles. The highest BCUT2D eigenvalue weighted by molar-refractivity contribution is 5.98. The molecule has 0 radical (unpaired) electrons. The summed E-state index contributed by atoms with van der Waals surface area (Å²) in [5.41, 5.74) is 3.77. The van der Waals surface area contributed by atoms with Gasteiger partial charge in [0.2, 0.25) is 0 Å². The number of benzene rings is 3. The number of carbonyl (C=O) groups excluding carboxylic acids is 1. The van der Waals surface area contributed by atoms with Crippen molar-refractivity contribution in [2.24, 2.45) is 0 Å². The van der Waals surface area contributed by atoms with Crippen molar-refractivity contribution in [3.8, 4) is 5.75 Å². The van der Waals surface area contributed by atoms with Gasteiger partial charge in [0.25, 0.3) is 0 Å². The fraction of sp³-hybridized carbons (Fsp3) is 0.0909. The number of hydrogen-bond acceptors (Lipinski definition) is 3. The third kappa shape index (κ3) is 2.96. The number of aryl methyl sites for hydroxylation is 1. The molecule has 25 heavy (non-hydrogen) atoms. The van der Waals surface area contributed by atoms with Crippen LogP contribution in [0.5, 0.6) is 5.75 Å². The lowest BCUT2D eigenvalue weighted by Gasteiger charge is -2.11. The Kier molecular flexibility index (Phi) is 3.90. The Morgan fingerprint density at radius 1 is 0.960 bits per heavy atom. The molecule has 122 valence electrons. The van der Waals surface area contributed by atoms with E-state index in [0.717, 1.165) is 45.0 Å². The Labute approximate surface area is 145 Å². The van der Waals surface area contributed by atoms with Gasteiger partial charge in [-0.3, -0.25) is 9.78 Å². The molecule has 0 aliphatic rings. The number of pyridine rings is 1. The standard InChI is InChI=1S/C22H17NO2/c1-15-11-18(21-7-2-3-8-22(21)23-15)14-25-19-9-10-20-16(12-19)5-4-6-17(20)13-24/h2-13H,14H2,1H3. The molecule has 0 fully saturated rings. The number of nitrogens with zero attached hydrogens (tertiary/aromatic N) is 1. The van der Waals surface area contributed by atoms with Crippen LogP contribution in [0.15, 0.2) is 66.7 Å². The number of aldehydes is 1. The predicted molar refractivity (Wildman–Crippen MR) is 100 cm³/mol. The van der Waals surface area contributed by atoms with Crippen molar-refractivity contribution >= 4 is 28.0 Å². The van der Waals surface area contributed by atoms with Gasteiger partial charge in [0.15, 0.2) is 6.29 Å². The Bertz CT molecular complexity index is 1090. The van der Waals surface area contributed by atoms with Crippen molar-refractivity contribution in [2.75, 3.05) is 0 Å². The molecule has 0 aliphatic carbocycles. The van der Waals surface area contributed by atoms with E-state index in [2.05, 4.69) is 17.1 Å². The summed E-state index contributed by atoms with van der Waals surface area (Å²) in [5.74, 6) is 0.786. The van der Waals surface area contributed by atoms with Crippen LogP contribution in [0, 0.1) is 6.92 Å². The average Bonchev–Trinajstić information content (AvgIpc) is 2.65. The molecule has 0 saturated heterocycles. The number of aromatic nitrogens is 1. The van der Waals surface area contributed by atoms with Gasteiger partial charge in [-0.2, -0.15) is 0 Å². The lowest BCUT2D eigenvalue weighted by atomic mass is 10.1. The minimum Gasteiger partial charge on any atom is -0.489 e. The molecule has 0 saturated carbocycles. The maximum Gasteiger partial charge on any atom is 0.150 e. The minimum atomic E-state index is 0.475. The van der Waals surface area contributed by atoms with Crippen molar-refractivity contribution in [1.82, 2.24) is 4.98 Å². The van der Waals surface area contributed by atoms with Gasteiger partial charge in [-0.15, -0.1) is 0 Å². The van der Waals surface area contributed by atoms with E-state index in [0.29, 0.717) is 12.2 Å². The molecular weight excluding hydrogens is 310 g/mol. The van der Waals surface area contributed by atoms with Crippen LogP contribution in [0.2, 0.25) is 0 Å². The Hall–Kier alpha value is -3.20. The van der Waals surface area contributed by atoms with Gasteiger partial charge in [0, 0.05) is 22.2 Å². The molecule has 0 atom stereocenters. The number of fused-ring (bicyclic) bond motifs is 2. The normalized spacial score (nSPS) is 10.9. The third-order valence-electron chi connectivity index (χ3n) is 4.34. The molecule has 0 amide bonds. The maximum absolute atomic E-state index is 11.1. The molecule has 3 aromatic carbocycles. The molecule has 1 aromatic heterocycles. The average molecular weight is 327 g/mol. The first kappa shape index (κ1) is 15.3. The highest BCUT2D eigenvalue weighted by Gasteiger charge is 2.06. The van der Waals surface area contributed by atoms with Crippen LogP contribution in [0.25, 0.3) is 21.7 Å². The van der Waals surface area contributed by atoms with Gasteiger partial charge in [-0.25, -0.2) is 0 Å². The van der Waals surface area contributed by atoms with Crippen LogP contribution in [0.3, 0.4) is 0 Å². The van der Waals surface area contributed by atoms with E-state index in [-0.39, 0.29) is 0 Å². The third-order valence-corrected chi connectivity index (χ3v) is 4.34. The summed E-state index contributed by atoms with van der Waals surface area (Å²) in [7, 11) is 0. The molecular formula is C22H17NO2. The van der Waals surface area contributed by atoms with Gasteiger partial charge < -0.3 is 4.74 Å². The van der Waals surface area contributed by atoms with Gasteiger partial charge in [-0.05, 0) is 48.0 Å². The first-order valence-corrected chi connectivity index (χ1v) is 8.20. The molecule has 0 aliphatic heterocycles. The molecule has 0 N–H and O–H groups in total. The molecule has 3 nitrogen and oxygen atoms in total.